The molecular formula is C13H18ClNO. The summed E-state index contributed by atoms with van der Waals surface area (Å²) in [7, 11) is 0. The zero-order chi connectivity index (χ0) is 11.4. The molecule has 0 bridgehead atoms. The summed E-state index contributed by atoms with van der Waals surface area (Å²) >= 11 is 6.03. The molecule has 0 aliphatic heterocycles. The van der Waals surface area contributed by atoms with E-state index in [1.165, 1.54) is 18.4 Å². The van der Waals surface area contributed by atoms with E-state index >= 15 is 0 Å². The highest BCUT2D eigenvalue weighted by atomic mass is 35.5. The fourth-order valence-corrected chi connectivity index (χ4v) is 1.74. The Labute approximate surface area is 102 Å². The molecule has 2 rings (SSSR count). The number of aryl methyl sites for hydroxylation is 1. The third kappa shape index (κ3) is 3.69. The second kappa shape index (κ2) is 5.55. The first-order chi connectivity index (χ1) is 7.75. The lowest BCUT2D eigenvalue weighted by Crippen LogP contribution is -2.19. The van der Waals surface area contributed by atoms with Gasteiger partial charge in [0.1, 0.15) is 5.75 Å². The van der Waals surface area contributed by atoms with Gasteiger partial charge in [-0.2, -0.15) is 0 Å². The number of hydrogen-bond donors (Lipinski definition) is 1. The quantitative estimate of drug-likeness (QED) is 0.770. The minimum absolute atomic E-state index is 0.695. The number of benzene rings is 1. The summed E-state index contributed by atoms with van der Waals surface area (Å²) in [4.78, 5) is 0. The molecule has 0 unspecified atom stereocenters. The van der Waals surface area contributed by atoms with Gasteiger partial charge in [0.15, 0.2) is 0 Å². The van der Waals surface area contributed by atoms with Crippen LogP contribution in [0.4, 0.5) is 0 Å². The average Bonchev–Trinajstić information content (AvgIpc) is 3.06. The fraction of sp³-hybridized carbons (Fsp3) is 0.538. The summed E-state index contributed by atoms with van der Waals surface area (Å²) in [6.45, 7) is 3.80. The predicted octanol–water partition coefficient (Wildman–Crippen LogP) is 3.17. The maximum atomic E-state index is 6.03. The molecule has 1 N–H and O–H groups in total. The van der Waals surface area contributed by atoms with Gasteiger partial charge in [0.25, 0.3) is 0 Å². The first kappa shape index (κ1) is 11.7. The standard InChI is InChI=1S/C13H18ClNO/c1-10-3-6-12(14)13(9-10)16-8-2-7-15-11-4-5-11/h3,6,9,11,15H,2,4-5,7-8H2,1H3. The summed E-state index contributed by atoms with van der Waals surface area (Å²) in [5, 5.41) is 4.15. The maximum Gasteiger partial charge on any atom is 0.138 e. The van der Waals surface area contributed by atoms with E-state index in [1.807, 2.05) is 25.1 Å². The third-order valence-electron chi connectivity index (χ3n) is 2.68. The Morgan fingerprint density at radius 3 is 3.00 bits per heavy atom. The number of hydrogen-bond acceptors (Lipinski definition) is 2. The normalized spacial score (nSPS) is 15.1. The Morgan fingerprint density at radius 2 is 2.25 bits per heavy atom. The van der Waals surface area contributed by atoms with Crippen LogP contribution < -0.4 is 10.1 Å². The molecule has 1 fully saturated rings. The van der Waals surface area contributed by atoms with Crippen molar-refractivity contribution in [1.82, 2.24) is 5.32 Å². The van der Waals surface area contributed by atoms with Crippen molar-refractivity contribution in [3.8, 4) is 5.75 Å². The SMILES string of the molecule is Cc1ccc(Cl)c(OCCCNC2CC2)c1. The van der Waals surface area contributed by atoms with Crippen LogP contribution in [-0.2, 0) is 0 Å². The molecular weight excluding hydrogens is 222 g/mol. The van der Waals surface area contributed by atoms with E-state index in [9.17, 15) is 0 Å². The van der Waals surface area contributed by atoms with Gasteiger partial charge in [-0.05, 0) is 50.4 Å². The molecule has 1 aliphatic rings. The Kier molecular flexibility index (Phi) is 4.08. The van der Waals surface area contributed by atoms with Crippen molar-refractivity contribution in [3.63, 3.8) is 0 Å². The van der Waals surface area contributed by atoms with E-state index in [4.69, 9.17) is 16.3 Å². The van der Waals surface area contributed by atoms with Crippen molar-refractivity contribution in [2.75, 3.05) is 13.2 Å². The number of ether oxygens (including phenoxy) is 1. The van der Waals surface area contributed by atoms with Crippen LogP contribution in [-0.4, -0.2) is 19.2 Å². The van der Waals surface area contributed by atoms with Crippen molar-refractivity contribution in [3.05, 3.63) is 28.8 Å². The van der Waals surface area contributed by atoms with Crippen molar-refractivity contribution in [2.45, 2.75) is 32.2 Å². The van der Waals surface area contributed by atoms with E-state index in [0.717, 1.165) is 31.4 Å². The molecule has 0 radical (unpaired) electrons. The van der Waals surface area contributed by atoms with Crippen LogP contribution in [0.25, 0.3) is 0 Å². The molecule has 0 aromatic heterocycles. The second-order valence-electron chi connectivity index (χ2n) is 4.36. The molecule has 2 nitrogen and oxygen atoms in total. The summed E-state index contributed by atoms with van der Waals surface area (Å²) in [5.41, 5.74) is 1.18. The smallest absolute Gasteiger partial charge is 0.138 e. The molecule has 1 aromatic rings. The highest BCUT2D eigenvalue weighted by molar-refractivity contribution is 6.32. The van der Waals surface area contributed by atoms with E-state index in [0.29, 0.717) is 5.02 Å². The summed E-state index contributed by atoms with van der Waals surface area (Å²) in [5.74, 6) is 0.799. The highest BCUT2D eigenvalue weighted by Gasteiger charge is 2.19. The molecule has 0 spiro atoms. The van der Waals surface area contributed by atoms with Crippen molar-refractivity contribution in [1.29, 1.82) is 0 Å². The lowest BCUT2D eigenvalue weighted by molar-refractivity contribution is 0.308. The van der Waals surface area contributed by atoms with E-state index in [-0.39, 0.29) is 0 Å². The zero-order valence-electron chi connectivity index (χ0n) is 9.63. The molecule has 16 heavy (non-hydrogen) atoms. The minimum atomic E-state index is 0.695. The number of halogens is 1. The van der Waals surface area contributed by atoms with Crippen LogP contribution in [0.2, 0.25) is 5.02 Å². The van der Waals surface area contributed by atoms with Gasteiger partial charge < -0.3 is 10.1 Å². The van der Waals surface area contributed by atoms with Gasteiger partial charge in [-0.25, -0.2) is 0 Å². The van der Waals surface area contributed by atoms with Crippen LogP contribution in [0, 0.1) is 6.92 Å². The summed E-state index contributed by atoms with van der Waals surface area (Å²) in [6, 6.07) is 6.64. The van der Waals surface area contributed by atoms with Crippen LogP contribution in [0.1, 0.15) is 24.8 Å². The summed E-state index contributed by atoms with van der Waals surface area (Å²) in [6.07, 6.45) is 3.70. The molecule has 0 heterocycles. The molecule has 3 heteroatoms. The lowest BCUT2D eigenvalue weighted by Gasteiger charge is -2.09. The fourth-order valence-electron chi connectivity index (χ4n) is 1.57. The van der Waals surface area contributed by atoms with Gasteiger partial charge in [-0.1, -0.05) is 17.7 Å². The molecule has 0 atom stereocenters. The van der Waals surface area contributed by atoms with Crippen molar-refractivity contribution in [2.24, 2.45) is 0 Å². The van der Waals surface area contributed by atoms with Crippen molar-refractivity contribution >= 4 is 11.6 Å². The van der Waals surface area contributed by atoms with Crippen LogP contribution in [0.3, 0.4) is 0 Å². The third-order valence-corrected chi connectivity index (χ3v) is 2.99. The zero-order valence-corrected chi connectivity index (χ0v) is 10.4. The second-order valence-corrected chi connectivity index (χ2v) is 4.77. The largest absolute Gasteiger partial charge is 0.492 e. The van der Waals surface area contributed by atoms with E-state index in [1.54, 1.807) is 0 Å². The van der Waals surface area contributed by atoms with Crippen LogP contribution in [0.15, 0.2) is 18.2 Å². The minimum Gasteiger partial charge on any atom is -0.492 e. The molecule has 1 aliphatic carbocycles. The highest BCUT2D eigenvalue weighted by Crippen LogP contribution is 2.25. The van der Waals surface area contributed by atoms with Gasteiger partial charge >= 0.3 is 0 Å². The molecule has 1 saturated carbocycles. The monoisotopic (exact) mass is 239 g/mol. The molecule has 0 amide bonds. The van der Waals surface area contributed by atoms with Gasteiger partial charge in [0, 0.05) is 6.04 Å². The average molecular weight is 240 g/mol. The molecule has 0 saturated heterocycles. The number of nitrogens with one attached hydrogen (secondary N) is 1. The first-order valence-electron chi connectivity index (χ1n) is 5.88. The van der Waals surface area contributed by atoms with Gasteiger partial charge in [-0.15, -0.1) is 0 Å². The van der Waals surface area contributed by atoms with Crippen LogP contribution in [0.5, 0.6) is 5.75 Å². The topological polar surface area (TPSA) is 21.3 Å². The predicted molar refractivity (Wildman–Crippen MR) is 67.3 cm³/mol. The first-order valence-corrected chi connectivity index (χ1v) is 6.26. The molecule has 88 valence electrons. The molecule has 1 aromatic carbocycles. The van der Waals surface area contributed by atoms with Crippen LogP contribution >= 0.6 is 11.6 Å². The summed E-state index contributed by atoms with van der Waals surface area (Å²) < 4.78 is 5.65. The van der Waals surface area contributed by atoms with Crippen molar-refractivity contribution < 1.29 is 4.74 Å². The Bertz CT molecular complexity index is 350. The van der Waals surface area contributed by atoms with E-state index in [2.05, 4.69) is 5.32 Å². The Morgan fingerprint density at radius 1 is 1.44 bits per heavy atom. The Balaban J connectivity index is 1.69. The lowest BCUT2D eigenvalue weighted by atomic mass is 10.2. The van der Waals surface area contributed by atoms with E-state index < -0.39 is 0 Å². The maximum absolute atomic E-state index is 6.03. The Hall–Kier alpha value is -0.730. The number of rotatable bonds is 6. The van der Waals surface area contributed by atoms with Gasteiger partial charge in [0.05, 0.1) is 11.6 Å². The van der Waals surface area contributed by atoms with Gasteiger partial charge in [0.2, 0.25) is 0 Å². The van der Waals surface area contributed by atoms with Gasteiger partial charge in [-0.3, -0.25) is 0 Å².